The van der Waals surface area contributed by atoms with E-state index in [4.69, 9.17) is 4.43 Å². The summed E-state index contributed by atoms with van der Waals surface area (Å²) in [6, 6.07) is 1.12. The molecule has 5 nitrogen and oxygen atoms in total. The number of hydrogen-bond acceptors (Lipinski definition) is 4. The Labute approximate surface area is 143 Å². The molecule has 0 rings (SSSR count). The molecule has 24 heavy (non-hydrogen) atoms. The fraction of sp³-hybridized carbons (Fsp3) is 0.929. The zero-order chi connectivity index (χ0) is 18.9. The molecule has 0 fully saturated rings. The van der Waals surface area contributed by atoms with Gasteiger partial charge in [-0.05, 0) is 25.6 Å². The van der Waals surface area contributed by atoms with Crippen LogP contribution in [0.3, 0.4) is 0 Å². The van der Waals surface area contributed by atoms with E-state index in [2.05, 4.69) is 13.1 Å². The van der Waals surface area contributed by atoms with Gasteiger partial charge in [-0.1, -0.05) is 38.5 Å². The summed E-state index contributed by atoms with van der Waals surface area (Å²) in [5, 5.41) is 0. The van der Waals surface area contributed by atoms with Crippen LogP contribution >= 0.6 is 0 Å². The Hall–Kier alpha value is -0.613. The molecule has 0 heterocycles. The number of nitrogens with one attached hydrogen (secondary N) is 1. The van der Waals surface area contributed by atoms with Gasteiger partial charge in [0.1, 0.15) is 0 Å². The third kappa shape index (κ3) is 10.3. The summed E-state index contributed by atoms with van der Waals surface area (Å²) in [6.45, 7) is 4.36. The van der Waals surface area contributed by atoms with Gasteiger partial charge in [-0.2, -0.15) is 21.6 Å². The zero-order valence-corrected chi connectivity index (χ0v) is 16.4. The number of carbonyl (C=O) groups excluding carboxylic acids is 1. The molecule has 0 aliphatic heterocycles. The predicted octanol–water partition coefficient (Wildman–Crippen LogP) is 3.92. The number of sulfonamides is 1. The quantitative estimate of drug-likeness (QED) is 0.404. The molecule has 0 aromatic rings. The first kappa shape index (κ1) is 23.4. The van der Waals surface area contributed by atoms with Crippen LogP contribution in [0.2, 0.25) is 19.1 Å². The Balaban J connectivity index is 3.66. The predicted molar refractivity (Wildman–Crippen MR) is 89.4 cm³/mol. The van der Waals surface area contributed by atoms with Crippen molar-refractivity contribution in [3.63, 3.8) is 0 Å². The maximum atomic E-state index is 12.1. The summed E-state index contributed by atoms with van der Waals surface area (Å²) in [5.74, 6) is -1.11. The monoisotopic (exact) mass is 391 g/mol. The smallest absolute Gasteiger partial charge is 0.420 e. The number of hydrogen-bond donors (Lipinski definition) is 1. The van der Waals surface area contributed by atoms with E-state index < -0.39 is 29.8 Å². The lowest BCUT2D eigenvalue weighted by molar-refractivity contribution is -0.120. The van der Waals surface area contributed by atoms with Crippen molar-refractivity contribution in [1.29, 1.82) is 0 Å². The third-order valence-electron chi connectivity index (χ3n) is 3.79. The highest BCUT2D eigenvalue weighted by atomic mass is 32.2. The fourth-order valence-electron chi connectivity index (χ4n) is 2.08. The number of rotatable bonds is 12. The van der Waals surface area contributed by atoms with Gasteiger partial charge < -0.3 is 4.43 Å². The van der Waals surface area contributed by atoms with Crippen molar-refractivity contribution in [3.8, 4) is 0 Å². The average Bonchev–Trinajstić information content (AvgIpc) is 2.43. The van der Waals surface area contributed by atoms with Crippen molar-refractivity contribution in [1.82, 2.24) is 4.72 Å². The fourth-order valence-corrected chi connectivity index (χ4v) is 3.90. The molecule has 0 aliphatic rings. The molecule has 1 amide bonds. The van der Waals surface area contributed by atoms with Gasteiger partial charge in [0, 0.05) is 13.5 Å². The second-order valence-corrected chi connectivity index (χ2v) is 12.5. The normalized spacial score (nSPS) is 13.1. The van der Waals surface area contributed by atoms with Crippen molar-refractivity contribution < 1.29 is 30.8 Å². The maximum Gasteiger partial charge on any atom is 0.516 e. The van der Waals surface area contributed by atoms with E-state index in [0.717, 1.165) is 42.9 Å². The first-order valence-electron chi connectivity index (χ1n) is 8.08. The van der Waals surface area contributed by atoms with Crippen molar-refractivity contribution in [3.05, 3.63) is 0 Å². The molecule has 0 radical (unpaired) electrons. The van der Waals surface area contributed by atoms with Crippen LogP contribution in [-0.4, -0.2) is 35.3 Å². The molecule has 0 aromatic carbocycles. The van der Waals surface area contributed by atoms with Gasteiger partial charge in [0.2, 0.25) is 5.91 Å². The molecule has 0 saturated carbocycles. The van der Waals surface area contributed by atoms with Crippen LogP contribution in [0, 0.1) is 0 Å². The molecule has 0 unspecified atom stereocenters. The molecule has 144 valence electrons. The molecule has 1 N–H and O–H groups in total. The van der Waals surface area contributed by atoms with Gasteiger partial charge in [0.05, 0.1) is 0 Å². The van der Waals surface area contributed by atoms with Crippen LogP contribution in [0.5, 0.6) is 0 Å². The van der Waals surface area contributed by atoms with Crippen LogP contribution in [0.15, 0.2) is 0 Å². The highest BCUT2D eigenvalue weighted by Gasteiger charge is 2.46. The number of carbonyl (C=O) groups is 1. The van der Waals surface area contributed by atoms with Gasteiger partial charge in [0.15, 0.2) is 8.32 Å². The summed E-state index contributed by atoms with van der Waals surface area (Å²) in [6.07, 6.45) is 6.04. The number of halogens is 3. The standard InChI is InChI=1S/C14H28F3NO4SSi/c1-22-24(2,3)12-10-8-6-4-5-7-9-11-13(19)18-23(20,21)14(15,16)17/h4-12H2,1-3H3,(H,18,19). The van der Waals surface area contributed by atoms with E-state index in [1.807, 2.05) is 0 Å². The number of alkyl halides is 3. The molecule has 0 spiro atoms. The Morgan fingerprint density at radius 1 is 1.00 bits per heavy atom. The highest BCUT2D eigenvalue weighted by Crippen LogP contribution is 2.21. The molecule has 0 atom stereocenters. The summed E-state index contributed by atoms with van der Waals surface area (Å²) < 4.78 is 64.2. The summed E-state index contributed by atoms with van der Waals surface area (Å²) in [5.41, 5.74) is -5.46. The minimum Gasteiger partial charge on any atom is -0.420 e. The lowest BCUT2D eigenvalue weighted by atomic mass is 10.1. The van der Waals surface area contributed by atoms with E-state index >= 15 is 0 Å². The lowest BCUT2D eigenvalue weighted by Crippen LogP contribution is -2.40. The van der Waals surface area contributed by atoms with E-state index in [9.17, 15) is 26.4 Å². The Kier molecular flexibility index (Phi) is 10.1. The number of amides is 1. The van der Waals surface area contributed by atoms with E-state index in [1.165, 1.54) is 0 Å². The lowest BCUT2D eigenvalue weighted by Gasteiger charge is -2.19. The van der Waals surface area contributed by atoms with Crippen LogP contribution in [0.4, 0.5) is 13.2 Å². The summed E-state index contributed by atoms with van der Waals surface area (Å²) >= 11 is 0. The van der Waals surface area contributed by atoms with Crippen molar-refractivity contribution >= 4 is 24.2 Å². The number of unbranched alkanes of at least 4 members (excludes halogenated alkanes) is 6. The van der Waals surface area contributed by atoms with Gasteiger partial charge in [-0.3, -0.25) is 4.79 Å². The largest absolute Gasteiger partial charge is 0.516 e. The molecule has 0 aliphatic carbocycles. The average molecular weight is 392 g/mol. The topological polar surface area (TPSA) is 72.5 Å². The molecule has 0 saturated heterocycles. The van der Waals surface area contributed by atoms with Gasteiger partial charge in [0.25, 0.3) is 0 Å². The second-order valence-electron chi connectivity index (χ2n) is 6.41. The van der Waals surface area contributed by atoms with Crippen molar-refractivity contribution in [2.75, 3.05) is 7.11 Å². The molecular formula is C14H28F3NO4SSi. The third-order valence-corrected chi connectivity index (χ3v) is 7.56. The maximum absolute atomic E-state index is 12.1. The van der Waals surface area contributed by atoms with Gasteiger partial charge >= 0.3 is 15.5 Å². The van der Waals surface area contributed by atoms with Gasteiger partial charge in [-0.25, -0.2) is 4.72 Å². The van der Waals surface area contributed by atoms with Gasteiger partial charge in [-0.15, -0.1) is 0 Å². The van der Waals surface area contributed by atoms with Crippen LogP contribution in [0.25, 0.3) is 0 Å². The van der Waals surface area contributed by atoms with E-state index in [1.54, 1.807) is 7.11 Å². The molecule has 0 bridgehead atoms. The van der Waals surface area contributed by atoms with E-state index in [0.29, 0.717) is 12.8 Å². The Morgan fingerprint density at radius 2 is 1.46 bits per heavy atom. The van der Waals surface area contributed by atoms with Crippen LogP contribution in [0.1, 0.15) is 51.4 Å². The SMILES string of the molecule is CO[Si](C)(C)CCCCCCCCCC(=O)NS(=O)(=O)C(F)(F)F. The minimum absolute atomic E-state index is 0.219. The van der Waals surface area contributed by atoms with Crippen LogP contribution < -0.4 is 4.72 Å². The summed E-state index contributed by atoms with van der Waals surface area (Å²) in [4.78, 5) is 11.2. The summed E-state index contributed by atoms with van der Waals surface area (Å²) in [7, 11) is -5.30. The Morgan fingerprint density at radius 3 is 1.92 bits per heavy atom. The van der Waals surface area contributed by atoms with Crippen LogP contribution in [-0.2, 0) is 19.2 Å². The second kappa shape index (κ2) is 10.4. The zero-order valence-electron chi connectivity index (χ0n) is 14.5. The molecule has 10 heteroatoms. The highest BCUT2D eigenvalue weighted by molar-refractivity contribution is 7.90. The molecule has 0 aromatic heterocycles. The Bertz CT molecular complexity index is 481. The van der Waals surface area contributed by atoms with E-state index in [-0.39, 0.29) is 6.42 Å². The molecular weight excluding hydrogens is 363 g/mol. The minimum atomic E-state index is -5.58. The van der Waals surface area contributed by atoms with Crippen molar-refractivity contribution in [2.45, 2.75) is 76.0 Å². The van der Waals surface area contributed by atoms with Crippen molar-refractivity contribution in [2.24, 2.45) is 0 Å². The first-order valence-corrected chi connectivity index (χ1v) is 12.7. The first-order chi connectivity index (χ1) is 10.9.